The highest BCUT2D eigenvalue weighted by molar-refractivity contribution is 5.45. The summed E-state index contributed by atoms with van der Waals surface area (Å²) in [5, 5.41) is 10.0. The molecule has 1 aromatic carbocycles. The van der Waals surface area contributed by atoms with Gasteiger partial charge in [-0.05, 0) is 29.3 Å². The van der Waals surface area contributed by atoms with Crippen molar-refractivity contribution in [1.29, 1.82) is 0 Å². The van der Waals surface area contributed by atoms with Crippen LogP contribution < -0.4 is 5.73 Å². The molecule has 3 N–H and O–H groups in total. The first-order valence-corrected chi connectivity index (χ1v) is 6.02. The Morgan fingerprint density at radius 3 is 2.57 bits per heavy atom. The number of alkyl halides is 3. The largest absolute Gasteiger partial charge is 0.416 e. The Bertz CT molecular complexity index is 643. The summed E-state index contributed by atoms with van der Waals surface area (Å²) in [5.41, 5.74) is 4.81. The van der Waals surface area contributed by atoms with Crippen LogP contribution in [-0.2, 0) is 12.6 Å². The van der Waals surface area contributed by atoms with E-state index in [1.165, 1.54) is 18.5 Å². The number of rotatable bonds is 3. The number of nitrogens with zero attached hydrogens (tertiary/aromatic N) is 1. The van der Waals surface area contributed by atoms with Gasteiger partial charge in [0.05, 0.1) is 11.7 Å². The van der Waals surface area contributed by atoms with Crippen LogP contribution >= 0.6 is 0 Å². The molecule has 0 aliphatic carbocycles. The smallest absolute Gasteiger partial charge is 0.398 e. The van der Waals surface area contributed by atoms with Crippen LogP contribution in [0.2, 0.25) is 0 Å². The van der Waals surface area contributed by atoms with Crippen LogP contribution in [0.5, 0.6) is 0 Å². The van der Waals surface area contributed by atoms with Gasteiger partial charge >= 0.3 is 6.18 Å². The molecule has 0 spiro atoms. The third-order valence-electron chi connectivity index (χ3n) is 3.03. The first kappa shape index (κ1) is 15.2. The number of hydrogen-bond donors (Lipinski definition) is 2. The number of aliphatic hydroxyl groups excluding tert-OH is 1. The lowest BCUT2D eigenvalue weighted by Crippen LogP contribution is -2.14. The summed E-state index contributed by atoms with van der Waals surface area (Å²) >= 11 is 0. The minimum absolute atomic E-state index is 0.144. The second kappa shape index (κ2) is 5.69. The Morgan fingerprint density at radius 1 is 1.24 bits per heavy atom. The maximum atomic E-state index is 13.0. The van der Waals surface area contributed by atoms with Gasteiger partial charge in [0.1, 0.15) is 5.82 Å². The zero-order valence-corrected chi connectivity index (χ0v) is 10.7. The van der Waals surface area contributed by atoms with Crippen LogP contribution in [0.25, 0.3) is 0 Å². The molecule has 21 heavy (non-hydrogen) atoms. The van der Waals surface area contributed by atoms with Crippen molar-refractivity contribution < 1.29 is 22.7 Å². The molecule has 1 heterocycles. The molecular formula is C14H12F4N2O. The molecule has 0 radical (unpaired) electrons. The lowest BCUT2D eigenvalue weighted by molar-refractivity contribution is -0.139. The molecule has 0 amide bonds. The van der Waals surface area contributed by atoms with Gasteiger partial charge in [0, 0.05) is 24.5 Å². The molecule has 0 aliphatic heterocycles. The van der Waals surface area contributed by atoms with Gasteiger partial charge in [-0.25, -0.2) is 4.39 Å². The molecule has 1 atom stereocenters. The molecule has 0 saturated carbocycles. The summed E-state index contributed by atoms with van der Waals surface area (Å²) in [6.07, 6.45) is -3.55. The van der Waals surface area contributed by atoms with Crippen molar-refractivity contribution in [3.05, 3.63) is 59.2 Å². The van der Waals surface area contributed by atoms with Crippen LogP contribution in [0.15, 0.2) is 36.7 Å². The number of anilines is 1. The van der Waals surface area contributed by atoms with E-state index in [-0.39, 0.29) is 6.42 Å². The fraction of sp³-hybridized carbons (Fsp3) is 0.214. The number of hydrogen-bond acceptors (Lipinski definition) is 3. The molecule has 2 aromatic rings. The summed E-state index contributed by atoms with van der Waals surface area (Å²) < 4.78 is 51.7. The van der Waals surface area contributed by atoms with Gasteiger partial charge in [-0.1, -0.05) is 6.07 Å². The summed E-state index contributed by atoms with van der Waals surface area (Å²) in [4.78, 5) is 3.80. The van der Waals surface area contributed by atoms with Crippen molar-refractivity contribution in [2.75, 3.05) is 5.73 Å². The van der Waals surface area contributed by atoms with E-state index < -0.39 is 29.2 Å². The first-order chi connectivity index (χ1) is 9.79. The van der Waals surface area contributed by atoms with Crippen molar-refractivity contribution >= 4 is 5.69 Å². The van der Waals surface area contributed by atoms with Crippen LogP contribution in [-0.4, -0.2) is 10.1 Å². The number of halogens is 4. The highest BCUT2D eigenvalue weighted by Crippen LogP contribution is 2.36. The molecule has 112 valence electrons. The van der Waals surface area contributed by atoms with Gasteiger partial charge in [-0.3, -0.25) is 4.98 Å². The Balaban J connectivity index is 2.36. The van der Waals surface area contributed by atoms with E-state index in [0.29, 0.717) is 17.3 Å². The molecule has 1 aromatic heterocycles. The quantitative estimate of drug-likeness (QED) is 0.856. The van der Waals surface area contributed by atoms with E-state index in [4.69, 9.17) is 5.73 Å². The predicted octanol–water partition coefficient (Wildman–Crippen LogP) is 3.10. The van der Waals surface area contributed by atoms with E-state index in [1.807, 2.05) is 0 Å². The fourth-order valence-electron chi connectivity index (χ4n) is 1.99. The summed E-state index contributed by atoms with van der Waals surface area (Å²) in [6, 6.07) is 3.65. The minimum Gasteiger partial charge on any atom is -0.398 e. The number of benzene rings is 1. The maximum absolute atomic E-state index is 13.0. The third kappa shape index (κ3) is 3.49. The van der Waals surface area contributed by atoms with E-state index >= 15 is 0 Å². The SMILES string of the molecule is Nc1ccncc1CC(O)c1ccc(F)cc1C(F)(F)F. The van der Waals surface area contributed by atoms with E-state index in [1.54, 1.807) is 0 Å². The summed E-state index contributed by atoms with van der Waals surface area (Å²) in [7, 11) is 0. The third-order valence-corrected chi connectivity index (χ3v) is 3.03. The number of nitrogens with two attached hydrogens (primary N) is 1. The molecule has 0 saturated heterocycles. The van der Waals surface area contributed by atoms with E-state index in [2.05, 4.69) is 4.98 Å². The van der Waals surface area contributed by atoms with Crippen LogP contribution in [0.4, 0.5) is 23.2 Å². The van der Waals surface area contributed by atoms with Gasteiger partial charge in [0.2, 0.25) is 0 Å². The van der Waals surface area contributed by atoms with Crippen LogP contribution in [0.1, 0.15) is 22.8 Å². The highest BCUT2D eigenvalue weighted by atomic mass is 19.4. The lowest BCUT2D eigenvalue weighted by atomic mass is 9.96. The van der Waals surface area contributed by atoms with E-state index in [0.717, 1.165) is 12.1 Å². The summed E-state index contributed by atoms with van der Waals surface area (Å²) in [5.74, 6) is -1.01. The van der Waals surface area contributed by atoms with Gasteiger partial charge < -0.3 is 10.8 Å². The Kier molecular flexibility index (Phi) is 4.13. The maximum Gasteiger partial charge on any atom is 0.416 e. The summed E-state index contributed by atoms with van der Waals surface area (Å²) in [6.45, 7) is 0. The number of pyridine rings is 1. The normalized spacial score (nSPS) is 13.2. The molecule has 0 fully saturated rings. The van der Waals surface area contributed by atoms with Gasteiger partial charge in [-0.2, -0.15) is 13.2 Å². The molecule has 1 unspecified atom stereocenters. The number of aromatic nitrogens is 1. The topological polar surface area (TPSA) is 59.1 Å². The molecule has 0 bridgehead atoms. The Hall–Kier alpha value is -2.15. The monoisotopic (exact) mass is 300 g/mol. The molecule has 7 heteroatoms. The minimum atomic E-state index is -4.75. The van der Waals surface area contributed by atoms with E-state index in [9.17, 15) is 22.7 Å². The van der Waals surface area contributed by atoms with Crippen molar-refractivity contribution in [3.63, 3.8) is 0 Å². The molecule has 3 nitrogen and oxygen atoms in total. The second-order valence-electron chi connectivity index (χ2n) is 4.52. The van der Waals surface area contributed by atoms with Gasteiger partial charge in [0.15, 0.2) is 0 Å². The average Bonchev–Trinajstić information content (AvgIpc) is 2.40. The van der Waals surface area contributed by atoms with Gasteiger partial charge in [0.25, 0.3) is 0 Å². The van der Waals surface area contributed by atoms with Gasteiger partial charge in [-0.15, -0.1) is 0 Å². The standard InChI is InChI=1S/C14H12F4N2O/c15-9-1-2-10(11(6-9)14(16,17)18)13(21)5-8-7-20-4-3-12(8)19/h1-4,6-7,13,21H,5H2,(H2,19,20). The number of aliphatic hydroxyl groups is 1. The zero-order chi connectivity index (χ0) is 15.6. The molecule has 2 rings (SSSR count). The average molecular weight is 300 g/mol. The Morgan fingerprint density at radius 2 is 1.95 bits per heavy atom. The number of nitrogen functional groups attached to an aromatic ring is 1. The van der Waals surface area contributed by atoms with Crippen LogP contribution in [0.3, 0.4) is 0 Å². The predicted molar refractivity (Wildman–Crippen MR) is 68.7 cm³/mol. The fourth-order valence-corrected chi connectivity index (χ4v) is 1.99. The zero-order valence-electron chi connectivity index (χ0n) is 10.7. The van der Waals surface area contributed by atoms with Crippen molar-refractivity contribution in [1.82, 2.24) is 4.98 Å². The second-order valence-corrected chi connectivity index (χ2v) is 4.52. The van der Waals surface area contributed by atoms with Crippen molar-refractivity contribution in [3.8, 4) is 0 Å². The van der Waals surface area contributed by atoms with Crippen LogP contribution in [0, 0.1) is 5.82 Å². The van der Waals surface area contributed by atoms with Crippen molar-refractivity contribution in [2.45, 2.75) is 18.7 Å². The first-order valence-electron chi connectivity index (χ1n) is 6.02. The highest BCUT2D eigenvalue weighted by Gasteiger charge is 2.35. The molecule has 0 aliphatic rings. The Labute approximate surface area is 118 Å². The lowest BCUT2D eigenvalue weighted by Gasteiger charge is -2.18. The molecular weight excluding hydrogens is 288 g/mol. The van der Waals surface area contributed by atoms with Crippen molar-refractivity contribution in [2.24, 2.45) is 0 Å².